The van der Waals surface area contributed by atoms with Crippen LogP contribution < -0.4 is 5.73 Å². The zero-order chi connectivity index (χ0) is 10.4. The van der Waals surface area contributed by atoms with Gasteiger partial charge in [-0.25, -0.2) is 4.98 Å². The number of halogens is 1. The molecule has 0 radical (unpaired) electrons. The van der Waals surface area contributed by atoms with E-state index in [2.05, 4.69) is 18.8 Å². The van der Waals surface area contributed by atoms with Crippen molar-refractivity contribution in [3.05, 3.63) is 29.8 Å². The Morgan fingerprint density at radius 2 is 2.14 bits per heavy atom. The van der Waals surface area contributed by atoms with Crippen LogP contribution >= 0.6 is 0 Å². The summed E-state index contributed by atoms with van der Waals surface area (Å²) in [5.41, 5.74) is 7.10. The van der Waals surface area contributed by atoms with Gasteiger partial charge >= 0.3 is 0 Å². The van der Waals surface area contributed by atoms with E-state index in [-0.39, 0.29) is 10.8 Å². The second-order valence-corrected chi connectivity index (χ2v) is 4.72. The Balaban J connectivity index is 2.36. The molecule has 1 aromatic rings. The van der Waals surface area contributed by atoms with Crippen molar-refractivity contribution in [3.8, 4) is 0 Å². The Hall–Kier alpha value is -0.960. The van der Waals surface area contributed by atoms with E-state index in [0.29, 0.717) is 6.54 Å². The molecule has 1 aliphatic carbocycles. The minimum atomic E-state index is -0.431. The minimum absolute atomic E-state index is 0.0215. The highest BCUT2D eigenvalue weighted by Gasteiger charge is 2.61. The summed E-state index contributed by atoms with van der Waals surface area (Å²) in [6, 6.07) is 3.20. The number of nitrogens with two attached hydrogens (primary N) is 1. The van der Waals surface area contributed by atoms with Gasteiger partial charge < -0.3 is 5.73 Å². The molecule has 1 heterocycles. The van der Waals surface area contributed by atoms with Gasteiger partial charge in [0.25, 0.3) is 0 Å². The molecule has 1 saturated carbocycles. The highest BCUT2D eigenvalue weighted by atomic mass is 19.1. The molecule has 2 rings (SSSR count). The first kappa shape index (κ1) is 9.59. The average Bonchev–Trinajstić information content (AvgIpc) is 2.71. The third-order valence-corrected chi connectivity index (χ3v) is 3.54. The summed E-state index contributed by atoms with van der Waals surface area (Å²) >= 11 is 0. The van der Waals surface area contributed by atoms with Crippen molar-refractivity contribution in [2.24, 2.45) is 11.1 Å². The van der Waals surface area contributed by atoms with Crippen LogP contribution in [-0.4, -0.2) is 11.5 Å². The second-order valence-electron chi connectivity index (χ2n) is 4.72. The summed E-state index contributed by atoms with van der Waals surface area (Å²) < 4.78 is 12.6. The molecule has 0 aliphatic heterocycles. The highest BCUT2D eigenvalue weighted by Crippen LogP contribution is 2.63. The lowest BCUT2D eigenvalue weighted by Crippen LogP contribution is -2.25. The lowest BCUT2D eigenvalue weighted by Gasteiger charge is -2.18. The first-order valence-electron chi connectivity index (χ1n) is 4.84. The van der Waals surface area contributed by atoms with Crippen LogP contribution in [0.5, 0.6) is 0 Å². The lowest BCUT2D eigenvalue weighted by atomic mass is 9.89. The fourth-order valence-corrected chi connectivity index (χ4v) is 2.33. The Labute approximate surface area is 83.3 Å². The van der Waals surface area contributed by atoms with Crippen molar-refractivity contribution in [1.82, 2.24) is 4.98 Å². The van der Waals surface area contributed by atoms with Gasteiger partial charge in [0.15, 0.2) is 0 Å². The van der Waals surface area contributed by atoms with Gasteiger partial charge in [0.2, 0.25) is 5.95 Å². The standard InChI is InChI=1S/C11H15FN2/c1-10(2)6-11(10,7-13)8-3-4-9(12)14-5-8/h3-5H,6-7,13H2,1-2H3. The summed E-state index contributed by atoms with van der Waals surface area (Å²) in [5, 5.41) is 0. The van der Waals surface area contributed by atoms with Gasteiger partial charge in [-0.15, -0.1) is 0 Å². The van der Waals surface area contributed by atoms with E-state index in [9.17, 15) is 4.39 Å². The van der Waals surface area contributed by atoms with E-state index in [1.54, 1.807) is 12.3 Å². The summed E-state index contributed by atoms with van der Waals surface area (Å²) in [6.07, 6.45) is 2.67. The molecule has 14 heavy (non-hydrogen) atoms. The van der Waals surface area contributed by atoms with Crippen molar-refractivity contribution in [2.75, 3.05) is 6.54 Å². The van der Waals surface area contributed by atoms with Gasteiger partial charge in [-0.1, -0.05) is 19.9 Å². The van der Waals surface area contributed by atoms with Gasteiger partial charge in [-0.2, -0.15) is 4.39 Å². The topological polar surface area (TPSA) is 38.9 Å². The van der Waals surface area contributed by atoms with E-state index in [1.165, 1.54) is 6.07 Å². The quantitative estimate of drug-likeness (QED) is 0.730. The molecule has 1 fully saturated rings. The first-order chi connectivity index (χ1) is 6.52. The molecule has 1 aliphatic rings. The van der Waals surface area contributed by atoms with Gasteiger partial charge in [0.05, 0.1) is 0 Å². The number of hydrogen-bond donors (Lipinski definition) is 1. The number of rotatable bonds is 2. The third-order valence-electron chi connectivity index (χ3n) is 3.54. The van der Waals surface area contributed by atoms with Gasteiger partial charge in [0, 0.05) is 18.2 Å². The Morgan fingerprint density at radius 3 is 2.50 bits per heavy atom. The maximum Gasteiger partial charge on any atom is 0.212 e. The normalized spacial score (nSPS) is 28.9. The maximum absolute atomic E-state index is 12.6. The van der Waals surface area contributed by atoms with Gasteiger partial charge in [0.1, 0.15) is 0 Å². The molecule has 0 amide bonds. The number of hydrogen-bond acceptors (Lipinski definition) is 2. The molecular formula is C11H15FN2. The van der Waals surface area contributed by atoms with E-state index >= 15 is 0 Å². The van der Waals surface area contributed by atoms with E-state index < -0.39 is 5.95 Å². The summed E-state index contributed by atoms with van der Waals surface area (Å²) in [5.74, 6) is -0.431. The largest absolute Gasteiger partial charge is 0.330 e. The van der Waals surface area contributed by atoms with E-state index in [0.717, 1.165) is 12.0 Å². The molecule has 3 heteroatoms. The molecule has 1 unspecified atom stereocenters. The van der Waals surface area contributed by atoms with E-state index in [1.807, 2.05) is 0 Å². The Kier molecular flexibility index (Phi) is 1.89. The number of pyridine rings is 1. The Morgan fingerprint density at radius 1 is 1.50 bits per heavy atom. The third kappa shape index (κ3) is 1.16. The predicted octanol–water partition coefficient (Wildman–Crippen LogP) is 1.85. The fraction of sp³-hybridized carbons (Fsp3) is 0.545. The smallest absolute Gasteiger partial charge is 0.212 e. The molecule has 1 atom stereocenters. The highest BCUT2D eigenvalue weighted by molar-refractivity contribution is 5.35. The van der Waals surface area contributed by atoms with Crippen molar-refractivity contribution in [2.45, 2.75) is 25.7 Å². The summed E-state index contributed by atoms with van der Waals surface area (Å²) in [6.45, 7) is 4.97. The van der Waals surface area contributed by atoms with Crippen LogP contribution in [0.15, 0.2) is 18.3 Å². The number of nitrogens with zero attached hydrogens (tertiary/aromatic N) is 1. The SMILES string of the molecule is CC1(C)CC1(CN)c1ccc(F)nc1. The Bertz CT molecular complexity index is 345. The molecule has 0 bridgehead atoms. The van der Waals surface area contributed by atoms with Crippen LogP contribution in [-0.2, 0) is 5.41 Å². The van der Waals surface area contributed by atoms with Crippen LogP contribution in [0.25, 0.3) is 0 Å². The fourth-order valence-electron chi connectivity index (χ4n) is 2.33. The molecule has 1 aromatic heterocycles. The molecule has 2 N–H and O–H groups in total. The summed E-state index contributed by atoms with van der Waals surface area (Å²) in [7, 11) is 0. The van der Waals surface area contributed by atoms with Crippen LogP contribution in [0.2, 0.25) is 0 Å². The zero-order valence-corrected chi connectivity index (χ0v) is 8.55. The molecule has 0 aromatic carbocycles. The number of aromatic nitrogens is 1. The molecule has 0 saturated heterocycles. The second kappa shape index (κ2) is 2.76. The van der Waals surface area contributed by atoms with Gasteiger partial charge in [-0.3, -0.25) is 0 Å². The van der Waals surface area contributed by atoms with Crippen LogP contribution in [0.1, 0.15) is 25.8 Å². The van der Waals surface area contributed by atoms with Crippen LogP contribution in [0.3, 0.4) is 0 Å². The van der Waals surface area contributed by atoms with Crippen molar-refractivity contribution < 1.29 is 4.39 Å². The summed E-state index contributed by atoms with van der Waals surface area (Å²) in [4.78, 5) is 3.68. The average molecular weight is 194 g/mol. The lowest BCUT2D eigenvalue weighted by molar-refractivity contribution is 0.498. The zero-order valence-electron chi connectivity index (χ0n) is 8.55. The molecular weight excluding hydrogens is 179 g/mol. The van der Waals surface area contributed by atoms with Crippen LogP contribution in [0, 0.1) is 11.4 Å². The van der Waals surface area contributed by atoms with Crippen LogP contribution in [0.4, 0.5) is 4.39 Å². The first-order valence-corrected chi connectivity index (χ1v) is 4.84. The molecule has 0 spiro atoms. The molecule has 2 nitrogen and oxygen atoms in total. The van der Waals surface area contributed by atoms with Crippen molar-refractivity contribution >= 4 is 0 Å². The molecule has 76 valence electrons. The van der Waals surface area contributed by atoms with Gasteiger partial charge in [-0.05, 0) is 23.5 Å². The van der Waals surface area contributed by atoms with E-state index in [4.69, 9.17) is 5.73 Å². The van der Waals surface area contributed by atoms with Crippen molar-refractivity contribution in [1.29, 1.82) is 0 Å². The maximum atomic E-state index is 12.6. The minimum Gasteiger partial charge on any atom is -0.330 e. The predicted molar refractivity (Wildman–Crippen MR) is 53.3 cm³/mol. The van der Waals surface area contributed by atoms with Crippen molar-refractivity contribution in [3.63, 3.8) is 0 Å². The monoisotopic (exact) mass is 194 g/mol.